The monoisotopic (exact) mass is 215 g/mol. The van der Waals surface area contributed by atoms with Gasteiger partial charge in [-0.3, -0.25) is 0 Å². The first-order valence-corrected chi connectivity index (χ1v) is 6.37. The van der Waals surface area contributed by atoms with Crippen molar-refractivity contribution in [1.82, 2.24) is 5.32 Å². The van der Waals surface area contributed by atoms with E-state index in [0.29, 0.717) is 6.04 Å². The Bertz CT molecular complexity index is 145. The van der Waals surface area contributed by atoms with Crippen molar-refractivity contribution in [1.29, 1.82) is 0 Å². The number of likely N-dealkylation sites (N-methyl/N-ethyl adjacent to an activating group) is 1. The largest absolute Gasteiger partial charge is 0.377 e. The number of nitrogens with one attached hydrogen (secondary N) is 1. The summed E-state index contributed by atoms with van der Waals surface area (Å²) in [4.78, 5) is 0. The molecule has 92 valence electrons. The van der Waals surface area contributed by atoms with Crippen LogP contribution in [0.4, 0.5) is 0 Å². The van der Waals surface area contributed by atoms with E-state index < -0.39 is 0 Å². The molecule has 0 spiro atoms. The molecule has 0 bridgehead atoms. The topological polar surface area (TPSA) is 21.3 Å². The van der Waals surface area contributed by atoms with Gasteiger partial charge in [-0.25, -0.2) is 0 Å². The van der Waals surface area contributed by atoms with Crippen molar-refractivity contribution >= 4 is 0 Å². The molecular weight excluding hydrogens is 186 g/mol. The summed E-state index contributed by atoms with van der Waals surface area (Å²) >= 11 is 0. The van der Waals surface area contributed by atoms with Crippen LogP contribution in [-0.4, -0.2) is 25.3 Å². The zero-order valence-corrected chi connectivity index (χ0v) is 11.2. The molecule has 1 atom stereocenters. The summed E-state index contributed by atoms with van der Waals surface area (Å²) in [7, 11) is 1.80. The molecule has 0 aromatic carbocycles. The molecule has 0 aliphatic heterocycles. The van der Waals surface area contributed by atoms with Gasteiger partial charge in [0, 0.05) is 13.2 Å². The second-order valence-electron chi connectivity index (χ2n) is 4.77. The molecule has 0 saturated heterocycles. The van der Waals surface area contributed by atoms with Gasteiger partial charge in [0.25, 0.3) is 0 Å². The standard InChI is InChI=1S/C13H29NO/c1-6-8-9-10-11-12(14-7-2)13(3,4)15-5/h12,14H,6-11H2,1-5H3. The lowest BCUT2D eigenvalue weighted by Crippen LogP contribution is -2.48. The van der Waals surface area contributed by atoms with Crippen molar-refractivity contribution in [3.63, 3.8) is 0 Å². The first kappa shape index (κ1) is 14.9. The van der Waals surface area contributed by atoms with E-state index >= 15 is 0 Å². The van der Waals surface area contributed by atoms with Crippen LogP contribution in [0, 0.1) is 0 Å². The van der Waals surface area contributed by atoms with Crippen molar-refractivity contribution < 1.29 is 4.74 Å². The summed E-state index contributed by atoms with van der Waals surface area (Å²) in [5.41, 5.74) is -0.0533. The Kier molecular flexibility index (Phi) is 8.07. The highest BCUT2D eigenvalue weighted by atomic mass is 16.5. The fourth-order valence-electron chi connectivity index (χ4n) is 1.86. The lowest BCUT2D eigenvalue weighted by atomic mass is 9.93. The number of hydrogen-bond acceptors (Lipinski definition) is 2. The van der Waals surface area contributed by atoms with Crippen LogP contribution < -0.4 is 5.32 Å². The van der Waals surface area contributed by atoms with Crippen molar-refractivity contribution in [3.8, 4) is 0 Å². The van der Waals surface area contributed by atoms with Gasteiger partial charge in [-0.2, -0.15) is 0 Å². The Balaban J connectivity index is 3.93. The van der Waals surface area contributed by atoms with Crippen LogP contribution in [0.5, 0.6) is 0 Å². The van der Waals surface area contributed by atoms with Crippen molar-refractivity contribution in [2.75, 3.05) is 13.7 Å². The Labute approximate surface area is 95.8 Å². The number of rotatable bonds is 9. The summed E-state index contributed by atoms with van der Waals surface area (Å²) < 4.78 is 5.55. The van der Waals surface area contributed by atoms with Crippen molar-refractivity contribution in [2.24, 2.45) is 0 Å². The molecule has 0 amide bonds. The van der Waals surface area contributed by atoms with Gasteiger partial charge in [0.05, 0.1) is 5.60 Å². The predicted octanol–water partition coefficient (Wildman–Crippen LogP) is 3.36. The lowest BCUT2D eigenvalue weighted by molar-refractivity contribution is -0.0127. The maximum absolute atomic E-state index is 5.55. The summed E-state index contributed by atoms with van der Waals surface area (Å²) in [6.45, 7) is 9.76. The fraction of sp³-hybridized carbons (Fsp3) is 1.00. The minimum atomic E-state index is -0.0533. The maximum atomic E-state index is 5.55. The highest BCUT2D eigenvalue weighted by molar-refractivity contribution is 4.84. The molecular formula is C13H29NO. The van der Waals surface area contributed by atoms with Crippen LogP contribution in [-0.2, 0) is 4.74 Å². The summed E-state index contributed by atoms with van der Waals surface area (Å²) in [5, 5.41) is 3.53. The first-order chi connectivity index (χ1) is 7.08. The van der Waals surface area contributed by atoms with Crippen LogP contribution in [0.2, 0.25) is 0 Å². The average molecular weight is 215 g/mol. The molecule has 0 rings (SSSR count). The quantitative estimate of drug-likeness (QED) is 0.595. The molecule has 1 unspecified atom stereocenters. The molecule has 0 aromatic rings. The van der Waals surface area contributed by atoms with E-state index in [2.05, 4.69) is 33.0 Å². The molecule has 0 heterocycles. The second kappa shape index (κ2) is 8.12. The van der Waals surface area contributed by atoms with E-state index in [-0.39, 0.29) is 5.60 Å². The van der Waals surface area contributed by atoms with Crippen LogP contribution in [0.3, 0.4) is 0 Å². The molecule has 0 aromatic heterocycles. The fourth-order valence-corrected chi connectivity index (χ4v) is 1.86. The number of unbranched alkanes of at least 4 members (excludes halogenated alkanes) is 3. The van der Waals surface area contributed by atoms with Crippen LogP contribution in [0.1, 0.15) is 59.8 Å². The minimum absolute atomic E-state index is 0.0533. The zero-order chi connectivity index (χ0) is 11.7. The summed E-state index contributed by atoms with van der Waals surface area (Å²) in [5.74, 6) is 0. The molecule has 0 saturated carbocycles. The van der Waals surface area contributed by atoms with Gasteiger partial charge in [-0.1, -0.05) is 39.5 Å². The zero-order valence-electron chi connectivity index (χ0n) is 11.2. The molecule has 0 aliphatic rings. The van der Waals surface area contributed by atoms with E-state index in [1.54, 1.807) is 7.11 Å². The smallest absolute Gasteiger partial charge is 0.0774 e. The molecule has 0 aliphatic carbocycles. The lowest BCUT2D eigenvalue weighted by Gasteiger charge is -2.33. The van der Waals surface area contributed by atoms with Gasteiger partial charge in [0.1, 0.15) is 0 Å². The Morgan fingerprint density at radius 1 is 1.13 bits per heavy atom. The number of hydrogen-bond donors (Lipinski definition) is 1. The third-order valence-electron chi connectivity index (χ3n) is 3.16. The van der Waals surface area contributed by atoms with E-state index in [1.807, 2.05) is 0 Å². The summed E-state index contributed by atoms with van der Waals surface area (Å²) in [6.07, 6.45) is 6.52. The molecule has 1 N–H and O–H groups in total. The van der Waals surface area contributed by atoms with E-state index in [9.17, 15) is 0 Å². The molecule has 2 heteroatoms. The van der Waals surface area contributed by atoms with Crippen LogP contribution in [0.25, 0.3) is 0 Å². The van der Waals surface area contributed by atoms with Gasteiger partial charge in [0.15, 0.2) is 0 Å². The highest BCUT2D eigenvalue weighted by Crippen LogP contribution is 2.19. The van der Waals surface area contributed by atoms with Crippen LogP contribution >= 0.6 is 0 Å². The van der Waals surface area contributed by atoms with Gasteiger partial charge in [0.2, 0.25) is 0 Å². The third kappa shape index (κ3) is 6.16. The number of ether oxygens (including phenoxy) is 1. The van der Waals surface area contributed by atoms with Gasteiger partial charge >= 0.3 is 0 Å². The van der Waals surface area contributed by atoms with E-state index in [1.165, 1.54) is 32.1 Å². The Morgan fingerprint density at radius 3 is 2.27 bits per heavy atom. The third-order valence-corrected chi connectivity index (χ3v) is 3.16. The molecule has 0 radical (unpaired) electrons. The normalized spacial score (nSPS) is 14.2. The number of methoxy groups -OCH3 is 1. The second-order valence-corrected chi connectivity index (χ2v) is 4.77. The Morgan fingerprint density at radius 2 is 1.80 bits per heavy atom. The average Bonchev–Trinajstić information content (AvgIpc) is 2.22. The summed E-state index contributed by atoms with van der Waals surface area (Å²) in [6, 6.07) is 0.476. The SMILES string of the molecule is CCCCCCC(NCC)C(C)(C)OC. The minimum Gasteiger partial charge on any atom is -0.377 e. The van der Waals surface area contributed by atoms with Crippen molar-refractivity contribution in [3.05, 3.63) is 0 Å². The highest BCUT2D eigenvalue weighted by Gasteiger charge is 2.27. The van der Waals surface area contributed by atoms with Gasteiger partial charge < -0.3 is 10.1 Å². The molecule has 2 nitrogen and oxygen atoms in total. The van der Waals surface area contributed by atoms with E-state index in [0.717, 1.165) is 6.54 Å². The van der Waals surface area contributed by atoms with Crippen molar-refractivity contribution in [2.45, 2.75) is 71.4 Å². The van der Waals surface area contributed by atoms with E-state index in [4.69, 9.17) is 4.74 Å². The molecule has 15 heavy (non-hydrogen) atoms. The van der Waals surface area contributed by atoms with Gasteiger partial charge in [-0.15, -0.1) is 0 Å². The molecule has 0 fully saturated rings. The predicted molar refractivity (Wildman–Crippen MR) is 67.3 cm³/mol. The Hall–Kier alpha value is -0.0800. The van der Waals surface area contributed by atoms with Crippen LogP contribution in [0.15, 0.2) is 0 Å². The first-order valence-electron chi connectivity index (χ1n) is 6.37. The van der Waals surface area contributed by atoms with Gasteiger partial charge in [-0.05, 0) is 26.8 Å². The maximum Gasteiger partial charge on any atom is 0.0774 e.